The Labute approximate surface area is 159 Å². The monoisotopic (exact) mass is 411 g/mol. The molecule has 0 aliphatic carbocycles. The fraction of sp³-hybridized carbons (Fsp3) is 0.667. The third-order valence-corrected chi connectivity index (χ3v) is 5.91. The Morgan fingerprint density at radius 2 is 1.85 bits per heavy atom. The summed E-state index contributed by atoms with van der Waals surface area (Å²) in [6, 6.07) is 2.17. The Bertz CT molecular complexity index is 705. The van der Waals surface area contributed by atoms with Crippen molar-refractivity contribution in [2.75, 3.05) is 16.7 Å². The van der Waals surface area contributed by atoms with Gasteiger partial charge in [-0.1, -0.05) is 19.8 Å². The van der Waals surface area contributed by atoms with Crippen LogP contribution in [-0.2, 0) is 16.2 Å². The number of anilines is 1. The molecule has 1 N–H and O–H groups in total. The van der Waals surface area contributed by atoms with Crippen molar-refractivity contribution in [1.29, 1.82) is 0 Å². The number of ether oxygens (including phenoxy) is 1. The molecule has 0 saturated carbocycles. The number of nitrogens with zero attached hydrogens (tertiary/aromatic N) is 1. The molecular formula is C18H28F3NO4S. The van der Waals surface area contributed by atoms with Gasteiger partial charge in [0.25, 0.3) is 0 Å². The molecule has 0 aliphatic rings. The molecule has 5 nitrogen and oxygen atoms in total. The number of hydrogen-bond donors (Lipinski definition) is 1. The maximum atomic E-state index is 13.0. The molecule has 27 heavy (non-hydrogen) atoms. The van der Waals surface area contributed by atoms with Crippen LogP contribution in [0.4, 0.5) is 18.9 Å². The van der Waals surface area contributed by atoms with Crippen LogP contribution in [0, 0.1) is 0 Å². The van der Waals surface area contributed by atoms with Gasteiger partial charge in [-0.2, -0.15) is 13.2 Å². The second-order valence-electron chi connectivity index (χ2n) is 6.58. The van der Waals surface area contributed by atoms with Crippen LogP contribution < -0.4 is 9.04 Å². The van der Waals surface area contributed by atoms with Crippen molar-refractivity contribution in [1.82, 2.24) is 0 Å². The minimum absolute atomic E-state index is 0.0301. The van der Waals surface area contributed by atoms with E-state index in [0.717, 1.165) is 28.9 Å². The largest absolute Gasteiger partial charge is 0.492 e. The summed E-state index contributed by atoms with van der Waals surface area (Å²) in [4.78, 5) is 0. The lowest BCUT2D eigenvalue weighted by molar-refractivity contribution is -0.137. The zero-order valence-electron chi connectivity index (χ0n) is 16.1. The molecule has 0 amide bonds. The van der Waals surface area contributed by atoms with E-state index in [1.807, 2.05) is 6.92 Å². The van der Waals surface area contributed by atoms with Crippen molar-refractivity contribution in [2.45, 2.75) is 65.3 Å². The highest BCUT2D eigenvalue weighted by Crippen LogP contribution is 2.38. The van der Waals surface area contributed by atoms with Crippen LogP contribution >= 0.6 is 0 Å². The Balaban J connectivity index is 3.34. The lowest BCUT2D eigenvalue weighted by Gasteiger charge is -2.31. The van der Waals surface area contributed by atoms with Crippen LogP contribution in [0.15, 0.2) is 18.2 Å². The van der Waals surface area contributed by atoms with Crippen molar-refractivity contribution in [3.05, 3.63) is 23.8 Å². The van der Waals surface area contributed by atoms with E-state index in [1.54, 1.807) is 20.8 Å². The van der Waals surface area contributed by atoms with Crippen molar-refractivity contribution >= 4 is 15.7 Å². The number of hydrogen-bond acceptors (Lipinski definition) is 4. The van der Waals surface area contributed by atoms with Gasteiger partial charge in [-0.25, -0.2) is 8.42 Å². The fourth-order valence-electron chi connectivity index (χ4n) is 2.74. The molecule has 1 atom stereocenters. The molecule has 1 aromatic rings. The zero-order chi connectivity index (χ0) is 20.8. The van der Waals surface area contributed by atoms with Gasteiger partial charge in [0, 0.05) is 6.04 Å². The molecule has 1 aromatic carbocycles. The maximum Gasteiger partial charge on any atom is 0.416 e. The van der Waals surface area contributed by atoms with Gasteiger partial charge in [0.05, 0.1) is 29.7 Å². The molecule has 0 bridgehead atoms. The molecule has 156 valence electrons. The van der Waals surface area contributed by atoms with Gasteiger partial charge in [-0.15, -0.1) is 0 Å². The zero-order valence-corrected chi connectivity index (χ0v) is 16.9. The molecule has 0 aromatic heterocycles. The number of aliphatic hydroxyl groups excluding tert-OH is 1. The smallest absolute Gasteiger partial charge is 0.416 e. The number of halogens is 3. The first kappa shape index (κ1) is 23.6. The van der Waals surface area contributed by atoms with Crippen molar-refractivity contribution in [2.24, 2.45) is 0 Å². The summed E-state index contributed by atoms with van der Waals surface area (Å²) >= 11 is 0. The summed E-state index contributed by atoms with van der Waals surface area (Å²) < 4.78 is 71.1. The van der Waals surface area contributed by atoms with E-state index in [2.05, 4.69) is 0 Å². The topological polar surface area (TPSA) is 66.8 Å². The van der Waals surface area contributed by atoms with E-state index in [0.29, 0.717) is 12.8 Å². The molecule has 0 spiro atoms. The third-order valence-electron chi connectivity index (χ3n) is 3.89. The third kappa shape index (κ3) is 6.57. The van der Waals surface area contributed by atoms with Gasteiger partial charge < -0.3 is 9.84 Å². The molecule has 0 saturated heterocycles. The SMILES string of the molecule is CCCCC(O)CS(=O)(=O)N(c1ccc(C(F)(F)F)cc1OCC)C(C)C. The van der Waals surface area contributed by atoms with Gasteiger partial charge >= 0.3 is 6.18 Å². The van der Waals surface area contributed by atoms with Crippen molar-refractivity contribution in [3.8, 4) is 5.75 Å². The number of benzene rings is 1. The summed E-state index contributed by atoms with van der Waals surface area (Å²) in [5, 5.41) is 10.0. The van der Waals surface area contributed by atoms with Crippen LogP contribution in [0.5, 0.6) is 5.75 Å². The standard InChI is InChI=1S/C18H28F3NO4S/c1-5-7-8-15(23)12-27(24,25)22(13(3)4)16-10-9-14(18(19,20)21)11-17(16)26-6-2/h9-11,13,15,23H,5-8,12H2,1-4H3. The van der Waals surface area contributed by atoms with Gasteiger partial charge in [0.15, 0.2) is 0 Å². The van der Waals surface area contributed by atoms with Crippen molar-refractivity contribution < 1.29 is 31.4 Å². The van der Waals surface area contributed by atoms with E-state index >= 15 is 0 Å². The molecule has 1 unspecified atom stereocenters. The summed E-state index contributed by atoms with van der Waals surface area (Å²) in [5.74, 6) is -0.662. The second kappa shape index (κ2) is 9.64. The van der Waals surface area contributed by atoms with Crippen molar-refractivity contribution in [3.63, 3.8) is 0 Å². The molecule has 0 aliphatic heterocycles. The molecule has 0 heterocycles. The average Bonchev–Trinajstić information content (AvgIpc) is 2.52. The first-order valence-corrected chi connectivity index (χ1v) is 10.6. The molecule has 0 radical (unpaired) electrons. The molecule has 9 heteroatoms. The van der Waals surface area contributed by atoms with E-state index in [1.165, 1.54) is 0 Å². The first-order valence-electron chi connectivity index (χ1n) is 8.98. The number of sulfonamides is 1. The van der Waals surface area contributed by atoms with Crippen LogP contribution in [-0.4, -0.2) is 38.0 Å². The van der Waals surface area contributed by atoms with Gasteiger partial charge in [0.2, 0.25) is 10.0 Å². The predicted octanol–water partition coefficient (Wildman–Crippen LogP) is 4.20. The van der Waals surface area contributed by atoms with Crippen LogP contribution in [0.1, 0.15) is 52.5 Å². The highest BCUT2D eigenvalue weighted by Gasteiger charge is 2.34. The van der Waals surface area contributed by atoms with Gasteiger partial charge in [-0.3, -0.25) is 4.31 Å². The van der Waals surface area contributed by atoms with Crippen LogP contribution in [0.25, 0.3) is 0 Å². The van der Waals surface area contributed by atoms with Crippen LogP contribution in [0.3, 0.4) is 0 Å². The molecule has 0 fully saturated rings. The lowest BCUT2D eigenvalue weighted by Crippen LogP contribution is -2.41. The number of alkyl halides is 3. The summed E-state index contributed by atoms with van der Waals surface area (Å²) in [7, 11) is -3.97. The fourth-order valence-corrected chi connectivity index (χ4v) is 4.65. The van der Waals surface area contributed by atoms with E-state index in [9.17, 15) is 26.7 Å². The Hall–Kier alpha value is -1.48. The van der Waals surface area contributed by atoms with E-state index in [-0.39, 0.29) is 18.0 Å². The Morgan fingerprint density at radius 3 is 2.33 bits per heavy atom. The maximum absolute atomic E-state index is 13.0. The minimum atomic E-state index is -4.57. The molecule has 1 rings (SSSR count). The lowest BCUT2D eigenvalue weighted by atomic mass is 10.1. The quantitative estimate of drug-likeness (QED) is 0.627. The Morgan fingerprint density at radius 1 is 1.22 bits per heavy atom. The minimum Gasteiger partial charge on any atom is -0.492 e. The first-order chi connectivity index (χ1) is 12.4. The highest BCUT2D eigenvalue weighted by molar-refractivity contribution is 7.92. The Kier molecular flexibility index (Phi) is 8.41. The van der Waals surface area contributed by atoms with E-state index in [4.69, 9.17) is 4.74 Å². The van der Waals surface area contributed by atoms with E-state index < -0.39 is 39.7 Å². The second-order valence-corrected chi connectivity index (χ2v) is 8.47. The van der Waals surface area contributed by atoms with Crippen LogP contribution in [0.2, 0.25) is 0 Å². The molecular weight excluding hydrogens is 383 g/mol. The highest BCUT2D eigenvalue weighted by atomic mass is 32.2. The summed E-state index contributed by atoms with van der Waals surface area (Å²) in [6.07, 6.45) is -3.77. The summed E-state index contributed by atoms with van der Waals surface area (Å²) in [5.41, 5.74) is -0.888. The number of unbranched alkanes of at least 4 members (excludes halogenated alkanes) is 1. The summed E-state index contributed by atoms with van der Waals surface area (Å²) in [6.45, 7) is 6.84. The normalized spacial score (nSPS) is 13.7. The van der Waals surface area contributed by atoms with Gasteiger partial charge in [0.1, 0.15) is 5.75 Å². The number of rotatable bonds is 10. The van der Waals surface area contributed by atoms with Gasteiger partial charge in [-0.05, 0) is 45.4 Å². The number of aliphatic hydroxyl groups is 1. The predicted molar refractivity (Wildman–Crippen MR) is 99.5 cm³/mol. The average molecular weight is 411 g/mol.